The first-order valence-electron chi connectivity index (χ1n) is 3.86. The predicted molar refractivity (Wildman–Crippen MR) is 50.5 cm³/mol. The van der Waals surface area contributed by atoms with E-state index in [0.717, 1.165) is 17.0 Å². The third-order valence-corrected chi connectivity index (χ3v) is 2.01. The smallest absolute Gasteiger partial charge is 0.282 e. The van der Waals surface area contributed by atoms with Crippen LogP contribution in [0.5, 0.6) is 0 Å². The molecule has 1 aromatic rings. The van der Waals surface area contributed by atoms with Gasteiger partial charge < -0.3 is 0 Å². The zero-order valence-corrected chi connectivity index (χ0v) is 8.39. The molecule has 0 atom stereocenters. The Hall–Kier alpha value is -1.41. The highest BCUT2D eigenvalue weighted by molar-refractivity contribution is 6.30. The highest BCUT2D eigenvalue weighted by atomic mass is 35.5. The standard InChI is InChI=1S/C9H6ClF3N2/c1-15(5-14)8-3-2-6(10)4-7(8)9(11,12)13/h2-4H,1H3. The molecule has 0 aliphatic carbocycles. The fraction of sp³-hybridized carbons (Fsp3) is 0.222. The van der Waals surface area contributed by atoms with Crippen LogP contribution in [0, 0.1) is 11.5 Å². The summed E-state index contributed by atoms with van der Waals surface area (Å²) in [5.41, 5.74) is -1.13. The van der Waals surface area contributed by atoms with Gasteiger partial charge in [-0.2, -0.15) is 18.4 Å². The first kappa shape index (κ1) is 11.7. The van der Waals surface area contributed by atoms with Crippen molar-refractivity contribution in [1.29, 1.82) is 5.26 Å². The fourth-order valence-corrected chi connectivity index (χ4v) is 1.25. The molecule has 0 heterocycles. The summed E-state index contributed by atoms with van der Waals surface area (Å²) >= 11 is 5.47. The summed E-state index contributed by atoms with van der Waals surface area (Å²) in [6.45, 7) is 0. The van der Waals surface area contributed by atoms with Crippen LogP contribution in [0.2, 0.25) is 5.02 Å². The minimum atomic E-state index is -4.52. The van der Waals surface area contributed by atoms with Crippen molar-refractivity contribution in [1.82, 2.24) is 0 Å². The average Bonchev–Trinajstić information content (AvgIpc) is 2.15. The van der Waals surface area contributed by atoms with Gasteiger partial charge in [0.05, 0.1) is 11.3 Å². The van der Waals surface area contributed by atoms with Crippen LogP contribution in [-0.4, -0.2) is 7.05 Å². The van der Waals surface area contributed by atoms with Crippen LogP contribution < -0.4 is 4.90 Å². The molecule has 0 aromatic heterocycles. The van der Waals surface area contributed by atoms with Crippen molar-refractivity contribution >= 4 is 17.3 Å². The lowest BCUT2D eigenvalue weighted by Gasteiger charge is -2.16. The zero-order chi connectivity index (χ0) is 11.6. The number of halogens is 4. The molecular weight excluding hydrogens is 229 g/mol. The molecule has 0 saturated carbocycles. The SMILES string of the molecule is CN(C#N)c1ccc(Cl)cc1C(F)(F)F. The van der Waals surface area contributed by atoms with Crippen molar-refractivity contribution < 1.29 is 13.2 Å². The fourth-order valence-electron chi connectivity index (χ4n) is 1.08. The maximum Gasteiger partial charge on any atom is 0.418 e. The van der Waals surface area contributed by atoms with Crippen molar-refractivity contribution in [3.8, 4) is 6.19 Å². The molecule has 0 unspecified atom stereocenters. The number of nitrogens with zero attached hydrogens (tertiary/aromatic N) is 2. The van der Waals surface area contributed by atoms with E-state index in [1.165, 1.54) is 13.1 Å². The molecule has 2 nitrogen and oxygen atoms in total. The summed E-state index contributed by atoms with van der Waals surface area (Å²) in [4.78, 5) is 0.832. The van der Waals surface area contributed by atoms with Gasteiger partial charge in [-0.25, -0.2) is 0 Å². The lowest BCUT2D eigenvalue weighted by Crippen LogP contribution is -2.16. The molecule has 0 radical (unpaired) electrons. The maximum atomic E-state index is 12.5. The molecule has 6 heteroatoms. The number of hydrogen-bond acceptors (Lipinski definition) is 2. The van der Waals surface area contributed by atoms with E-state index < -0.39 is 11.7 Å². The van der Waals surface area contributed by atoms with Gasteiger partial charge in [0.2, 0.25) is 0 Å². The van der Waals surface area contributed by atoms with E-state index in [1.807, 2.05) is 0 Å². The van der Waals surface area contributed by atoms with E-state index in [0.29, 0.717) is 0 Å². The van der Waals surface area contributed by atoms with Gasteiger partial charge in [-0.1, -0.05) is 11.6 Å². The van der Waals surface area contributed by atoms with E-state index in [-0.39, 0.29) is 10.7 Å². The Morgan fingerprint density at radius 2 is 2.00 bits per heavy atom. The van der Waals surface area contributed by atoms with E-state index in [9.17, 15) is 13.2 Å². The Bertz CT molecular complexity index is 409. The van der Waals surface area contributed by atoms with Crippen LogP contribution >= 0.6 is 11.6 Å². The Morgan fingerprint density at radius 3 is 2.47 bits per heavy atom. The summed E-state index contributed by atoms with van der Waals surface area (Å²) in [6, 6.07) is 3.26. The van der Waals surface area contributed by atoms with Crippen molar-refractivity contribution in [2.75, 3.05) is 11.9 Å². The molecule has 0 spiro atoms. The number of anilines is 1. The zero-order valence-electron chi connectivity index (χ0n) is 7.64. The van der Waals surface area contributed by atoms with Gasteiger partial charge in [0, 0.05) is 12.1 Å². The number of rotatable bonds is 1. The molecule has 0 saturated heterocycles. The Kier molecular flexibility index (Phi) is 3.10. The quantitative estimate of drug-likeness (QED) is 0.551. The monoisotopic (exact) mass is 234 g/mol. The summed E-state index contributed by atoms with van der Waals surface area (Å²) in [5, 5.41) is 8.51. The normalized spacial score (nSPS) is 10.9. The van der Waals surface area contributed by atoms with Crippen LogP contribution in [-0.2, 0) is 6.18 Å². The second kappa shape index (κ2) is 3.99. The first-order chi connectivity index (χ1) is 6.86. The van der Waals surface area contributed by atoms with E-state index in [4.69, 9.17) is 16.9 Å². The Balaban J connectivity index is 3.35. The first-order valence-corrected chi connectivity index (χ1v) is 4.24. The molecule has 1 rings (SSSR count). The molecular formula is C9H6ClF3N2. The molecule has 15 heavy (non-hydrogen) atoms. The van der Waals surface area contributed by atoms with Crippen molar-refractivity contribution in [3.63, 3.8) is 0 Å². The van der Waals surface area contributed by atoms with Gasteiger partial charge in [-0.15, -0.1) is 0 Å². The van der Waals surface area contributed by atoms with Crippen molar-refractivity contribution in [2.24, 2.45) is 0 Å². The van der Waals surface area contributed by atoms with Gasteiger partial charge in [0.15, 0.2) is 6.19 Å². The molecule has 0 fully saturated rings. The van der Waals surface area contributed by atoms with Crippen LogP contribution in [0.4, 0.5) is 18.9 Å². The Morgan fingerprint density at radius 1 is 1.40 bits per heavy atom. The molecule has 1 aromatic carbocycles. The van der Waals surface area contributed by atoms with Gasteiger partial charge in [0.25, 0.3) is 0 Å². The van der Waals surface area contributed by atoms with Crippen molar-refractivity contribution in [2.45, 2.75) is 6.18 Å². The minimum absolute atomic E-state index is 0.0163. The Labute approximate surface area is 89.5 Å². The molecule has 0 amide bonds. The van der Waals surface area contributed by atoms with E-state index in [2.05, 4.69) is 0 Å². The van der Waals surface area contributed by atoms with E-state index >= 15 is 0 Å². The van der Waals surface area contributed by atoms with Gasteiger partial charge >= 0.3 is 6.18 Å². The summed E-state index contributed by atoms with van der Waals surface area (Å²) in [6.07, 6.45) is -2.92. The van der Waals surface area contributed by atoms with E-state index in [1.54, 1.807) is 6.19 Å². The number of alkyl halides is 3. The average molecular weight is 235 g/mol. The number of benzene rings is 1. The number of nitriles is 1. The van der Waals surface area contributed by atoms with Crippen LogP contribution in [0.3, 0.4) is 0 Å². The van der Waals surface area contributed by atoms with Crippen LogP contribution in [0.25, 0.3) is 0 Å². The van der Waals surface area contributed by atoms with Crippen molar-refractivity contribution in [3.05, 3.63) is 28.8 Å². The molecule has 0 N–H and O–H groups in total. The molecule has 0 bridgehead atoms. The summed E-state index contributed by atoms with van der Waals surface area (Å²) in [7, 11) is 1.25. The highest BCUT2D eigenvalue weighted by Gasteiger charge is 2.34. The lowest BCUT2D eigenvalue weighted by molar-refractivity contribution is -0.137. The minimum Gasteiger partial charge on any atom is -0.282 e. The molecule has 0 aliphatic heterocycles. The lowest BCUT2D eigenvalue weighted by atomic mass is 10.1. The predicted octanol–water partition coefficient (Wildman–Crippen LogP) is 3.28. The summed E-state index contributed by atoms with van der Waals surface area (Å²) < 4.78 is 37.6. The number of hydrogen-bond donors (Lipinski definition) is 0. The van der Waals surface area contributed by atoms with Crippen LogP contribution in [0.1, 0.15) is 5.56 Å². The molecule has 0 aliphatic rings. The highest BCUT2D eigenvalue weighted by Crippen LogP contribution is 2.37. The second-order valence-corrected chi connectivity index (χ2v) is 3.25. The third-order valence-electron chi connectivity index (χ3n) is 1.78. The van der Waals surface area contributed by atoms with Gasteiger partial charge in [0.1, 0.15) is 0 Å². The molecule has 80 valence electrons. The van der Waals surface area contributed by atoms with Gasteiger partial charge in [-0.3, -0.25) is 4.90 Å². The maximum absolute atomic E-state index is 12.5. The second-order valence-electron chi connectivity index (χ2n) is 2.82. The third kappa shape index (κ3) is 2.54. The van der Waals surface area contributed by atoms with Gasteiger partial charge in [-0.05, 0) is 18.2 Å². The summed E-state index contributed by atoms with van der Waals surface area (Å²) in [5.74, 6) is 0. The topological polar surface area (TPSA) is 27.0 Å². The van der Waals surface area contributed by atoms with Crippen LogP contribution in [0.15, 0.2) is 18.2 Å². The largest absolute Gasteiger partial charge is 0.418 e.